The fraction of sp³-hybridized carbons (Fsp3) is 0.286. The average molecular weight is 375 g/mol. The van der Waals surface area contributed by atoms with Crippen LogP contribution in [0.25, 0.3) is 10.9 Å². The van der Waals surface area contributed by atoms with E-state index in [-0.39, 0.29) is 5.91 Å². The van der Waals surface area contributed by atoms with Crippen molar-refractivity contribution in [2.45, 2.75) is 6.54 Å². The van der Waals surface area contributed by atoms with E-state index in [0.717, 1.165) is 43.8 Å². The molecule has 3 aromatic rings. The lowest BCUT2D eigenvalue weighted by atomic mass is 10.2. The fourth-order valence-corrected chi connectivity index (χ4v) is 3.34. The van der Waals surface area contributed by atoms with Crippen LogP contribution in [0.4, 0.5) is 5.69 Å². The normalized spacial score (nSPS) is 14.7. The van der Waals surface area contributed by atoms with Crippen LogP contribution in [0.5, 0.6) is 0 Å². The Bertz CT molecular complexity index is 1010. The first kappa shape index (κ1) is 18.2. The molecule has 1 amide bonds. The lowest BCUT2D eigenvalue weighted by Crippen LogP contribution is -2.38. The molecule has 7 nitrogen and oxygen atoms in total. The van der Waals surface area contributed by atoms with E-state index in [0.29, 0.717) is 23.5 Å². The number of carbonyl (C=O) groups excluding carboxylic acids is 1. The SMILES string of the molecule is N#Cc1ccc(NC(=O)c2nn(CCN3CCOCC3)c3ccccc23)cc1. The quantitative estimate of drug-likeness (QED) is 0.741. The third-order valence-electron chi connectivity index (χ3n) is 4.88. The highest BCUT2D eigenvalue weighted by atomic mass is 16.5. The number of carbonyl (C=O) groups is 1. The minimum absolute atomic E-state index is 0.258. The summed E-state index contributed by atoms with van der Waals surface area (Å²) in [5, 5.41) is 17.2. The summed E-state index contributed by atoms with van der Waals surface area (Å²) in [5.41, 5.74) is 2.54. The molecule has 1 aliphatic heterocycles. The third kappa shape index (κ3) is 3.88. The Balaban J connectivity index is 1.54. The third-order valence-corrected chi connectivity index (χ3v) is 4.88. The van der Waals surface area contributed by atoms with Crippen molar-refractivity contribution in [3.05, 3.63) is 59.8 Å². The number of hydrogen-bond acceptors (Lipinski definition) is 5. The van der Waals surface area contributed by atoms with Gasteiger partial charge in [0.2, 0.25) is 0 Å². The zero-order chi connectivity index (χ0) is 19.3. The van der Waals surface area contributed by atoms with Gasteiger partial charge in [-0.3, -0.25) is 14.4 Å². The van der Waals surface area contributed by atoms with Gasteiger partial charge in [0, 0.05) is 30.7 Å². The van der Waals surface area contributed by atoms with Gasteiger partial charge in [-0.2, -0.15) is 10.4 Å². The molecule has 1 N–H and O–H groups in total. The molecule has 0 radical (unpaired) electrons. The number of rotatable bonds is 5. The van der Waals surface area contributed by atoms with Crippen molar-refractivity contribution >= 4 is 22.5 Å². The van der Waals surface area contributed by atoms with E-state index in [1.807, 2.05) is 28.9 Å². The van der Waals surface area contributed by atoms with E-state index in [1.165, 1.54) is 0 Å². The van der Waals surface area contributed by atoms with Crippen LogP contribution in [0, 0.1) is 11.3 Å². The van der Waals surface area contributed by atoms with Crippen molar-refractivity contribution < 1.29 is 9.53 Å². The molecule has 0 atom stereocenters. The number of morpholine rings is 1. The fourth-order valence-electron chi connectivity index (χ4n) is 3.34. The maximum absolute atomic E-state index is 12.8. The molecule has 28 heavy (non-hydrogen) atoms. The lowest BCUT2D eigenvalue weighted by molar-refractivity contribution is 0.0361. The number of benzene rings is 2. The number of amides is 1. The summed E-state index contributed by atoms with van der Waals surface area (Å²) in [6.07, 6.45) is 0. The van der Waals surface area contributed by atoms with Crippen LogP contribution in [0.15, 0.2) is 48.5 Å². The van der Waals surface area contributed by atoms with Crippen LogP contribution in [0.3, 0.4) is 0 Å². The van der Waals surface area contributed by atoms with Crippen LogP contribution < -0.4 is 5.32 Å². The van der Waals surface area contributed by atoms with Crippen molar-refractivity contribution in [1.29, 1.82) is 5.26 Å². The van der Waals surface area contributed by atoms with Crippen molar-refractivity contribution in [3.63, 3.8) is 0 Å². The second kappa shape index (κ2) is 8.21. The second-order valence-corrected chi connectivity index (χ2v) is 6.69. The van der Waals surface area contributed by atoms with Gasteiger partial charge in [-0.1, -0.05) is 18.2 Å². The van der Waals surface area contributed by atoms with Crippen LogP contribution in [0.1, 0.15) is 16.1 Å². The molecule has 0 saturated carbocycles. The smallest absolute Gasteiger partial charge is 0.276 e. The molecule has 1 aromatic heterocycles. The van der Waals surface area contributed by atoms with Gasteiger partial charge in [0.1, 0.15) is 0 Å². The van der Waals surface area contributed by atoms with Crippen molar-refractivity contribution in [3.8, 4) is 6.07 Å². The van der Waals surface area contributed by atoms with E-state index in [4.69, 9.17) is 10.00 Å². The molecule has 7 heteroatoms. The highest BCUT2D eigenvalue weighted by molar-refractivity contribution is 6.11. The largest absolute Gasteiger partial charge is 0.379 e. The zero-order valence-electron chi connectivity index (χ0n) is 15.5. The average Bonchev–Trinajstić information content (AvgIpc) is 3.12. The number of nitriles is 1. The summed E-state index contributed by atoms with van der Waals surface area (Å²) in [7, 11) is 0. The summed E-state index contributed by atoms with van der Waals surface area (Å²) in [4.78, 5) is 15.2. The first-order valence-corrected chi connectivity index (χ1v) is 9.32. The predicted molar refractivity (Wildman–Crippen MR) is 106 cm³/mol. The number of para-hydroxylation sites is 1. The highest BCUT2D eigenvalue weighted by Gasteiger charge is 2.18. The number of anilines is 1. The molecule has 4 rings (SSSR count). The maximum atomic E-state index is 12.8. The van der Waals surface area contributed by atoms with E-state index in [9.17, 15) is 4.79 Å². The maximum Gasteiger partial charge on any atom is 0.276 e. The monoisotopic (exact) mass is 375 g/mol. The van der Waals surface area contributed by atoms with E-state index < -0.39 is 0 Å². The molecule has 1 fully saturated rings. The minimum Gasteiger partial charge on any atom is -0.379 e. The summed E-state index contributed by atoms with van der Waals surface area (Å²) in [6, 6.07) is 16.6. The van der Waals surface area contributed by atoms with Gasteiger partial charge in [0.15, 0.2) is 5.69 Å². The highest BCUT2D eigenvalue weighted by Crippen LogP contribution is 2.20. The van der Waals surface area contributed by atoms with Gasteiger partial charge in [0.05, 0.1) is 36.9 Å². The molecule has 0 bridgehead atoms. The number of hydrogen-bond donors (Lipinski definition) is 1. The number of aromatic nitrogens is 2. The van der Waals surface area contributed by atoms with E-state index in [2.05, 4.69) is 21.4 Å². The summed E-state index contributed by atoms with van der Waals surface area (Å²) < 4.78 is 7.30. The zero-order valence-corrected chi connectivity index (χ0v) is 15.5. The van der Waals surface area contributed by atoms with Gasteiger partial charge >= 0.3 is 0 Å². The standard InChI is InChI=1S/C21H21N5O2/c22-15-16-5-7-17(8-6-16)23-21(27)20-18-3-1-2-4-19(18)26(24-20)10-9-25-11-13-28-14-12-25/h1-8H,9-14H2,(H,23,27). The van der Waals surface area contributed by atoms with E-state index >= 15 is 0 Å². The van der Waals surface area contributed by atoms with Crippen molar-refractivity contribution in [2.75, 3.05) is 38.2 Å². The van der Waals surface area contributed by atoms with Crippen LogP contribution >= 0.6 is 0 Å². The number of ether oxygens (including phenoxy) is 1. The molecule has 2 heterocycles. The van der Waals surface area contributed by atoms with Crippen LogP contribution in [-0.4, -0.2) is 53.4 Å². The molecule has 0 unspecified atom stereocenters. The molecule has 2 aromatic carbocycles. The van der Waals surface area contributed by atoms with Crippen LogP contribution in [0.2, 0.25) is 0 Å². The number of nitrogens with zero attached hydrogens (tertiary/aromatic N) is 4. The number of nitrogens with one attached hydrogen (secondary N) is 1. The first-order chi connectivity index (χ1) is 13.7. The Kier molecular flexibility index (Phi) is 5.33. The summed E-state index contributed by atoms with van der Waals surface area (Å²) in [5.74, 6) is -0.258. The molecule has 142 valence electrons. The Labute approximate surface area is 163 Å². The molecule has 0 aliphatic carbocycles. The molecule has 0 spiro atoms. The summed E-state index contributed by atoms with van der Waals surface area (Å²) in [6.45, 7) is 4.95. The van der Waals surface area contributed by atoms with Crippen LogP contribution in [-0.2, 0) is 11.3 Å². The minimum atomic E-state index is -0.258. The molecular formula is C21H21N5O2. The second-order valence-electron chi connectivity index (χ2n) is 6.69. The molecule has 1 aliphatic rings. The molecular weight excluding hydrogens is 354 g/mol. The van der Waals surface area contributed by atoms with E-state index in [1.54, 1.807) is 24.3 Å². The Morgan fingerprint density at radius 3 is 2.61 bits per heavy atom. The van der Waals surface area contributed by atoms with Gasteiger partial charge in [-0.05, 0) is 30.3 Å². The van der Waals surface area contributed by atoms with Gasteiger partial charge in [-0.15, -0.1) is 0 Å². The summed E-state index contributed by atoms with van der Waals surface area (Å²) >= 11 is 0. The topological polar surface area (TPSA) is 83.2 Å². The van der Waals surface area contributed by atoms with Gasteiger partial charge in [-0.25, -0.2) is 0 Å². The Morgan fingerprint density at radius 1 is 1.11 bits per heavy atom. The first-order valence-electron chi connectivity index (χ1n) is 9.32. The number of fused-ring (bicyclic) bond motifs is 1. The van der Waals surface area contributed by atoms with Crippen molar-refractivity contribution in [2.24, 2.45) is 0 Å². The Morgan fingerprint density at radius 2 is 1.86 bits per heavy atom. The Hall–Kier alpha value is -3.21. The van der Waals surface area contributed by atoms with Crippen molar-refractivity contribution in [1.82, 2.24) is 14.7 Å². The van der Waals surface area contributed by atoms with Gasteiger partial charge in [0.25, 0.3) is 5.91 Å². The van der Waals surface area contributed by atoms with Gasteiger partial charge < -0.3 is 10.1 Å². The predicted octanol–water partition coefficient (Wildman–Crippen LogP) is 2.49. The lowest BCUT2D eigenvalue weighted by Gasteiger charge is -2.26. The molecule has 1 saturated heterocycles.